The van der Waals surface area contributed by atoms with Gasteiger partial charge in [-0.25, -0.2) is 0 Å². The minimum absolute atomic E-state index is 0.219. The summed E-state index contributed by atoms with van der Waals surface area (Å²) >= 11 is 0. The fraction of sp³-hybridized carbons (Fsp3) is 0.278. The molecule has 1 fully saturated rings. The molecule has 1 saturated heterocycles. The molecule has 2 atom stereocenters. The van der Waals surface area contributed by atoms with Crippen molar-refractivity contribution in [1.82, 2.24) is 0 Å². The van der Waals surface area contributed by atoms with E-state index < -0.39 is 0 Å². The van der Waals surface area contributed by atoms with E-state index in [1.807, 2.05) is 12.1 Å². The van der Waals surface area contributed by atoms with Gasteiger partial charge in [-0.2, -0.15) is 0 Å². The monoisotopic (exact) mass is 282 g/mol. The van der Waals surface area contributed by atoms with E-state index in [-0.39, 0.29) is 7.92 Å². The molecule has 0 spiro atoms. The molecule has 102 valence electrons. The van der Waals surface area contributed by atoms with Gasteiger partial charge in [0, 0.05) is 24.2 Å². The Morgan fingerprint density at radius 1 is 0.800 bits per heavy atom. The zero-order chi connectivity index (χ0) is 13.9. The Labute approximate surface area is 121 Å². The van der Waals surface area contributed by atoms with Gasteiger partial charge in [-0.1, -0.05) is 68.6 Å². The number of hydrogen-bond acceptors (Lipinski definition) is 1. The quantitative estimate of drug-likeness (QED) is 0.713. The zero-order valence-corrected chi connectivity index (χ0v) is 12.6. The SMILES string of the molecule is CP1C(c2ccccc2)CC(=O)CC1c1ccccc1. The Balaban J connectivity index is 1.92. The van der Waals surface area contributed by atoms with E-state index in [4.69, 9.17) is 0 Å². The Hall–Kier alpha value is -1.46. The smallest absolute Gasteiger partial charge is 0.134 e. The van der Waals surface area contributed by atoms with Crippen LogP contribution >= 0.6 is 7.92 Å². The van der Waals surface area contributed by atoms with Crippen LogP contribution in [-0.4, -0.2) is 12.4 Å². The van der Waals surface area contributed by atoms with E-state index >= 15 is 0 Å². The molecule has 1 aliphatic rings. The normalized spacial score (nSPS) is 26.4. The fourth-order valence-electron chi connectivity index (χ4n) is 3.08. The number of hydrogen-bond donors (Lipinski definition) is 0. The predicted octanol–water partition coefficient (Wildman–Crippen LogP) is 4.94. The molecule has 2 aromatic carbocycles. The van der Waals surface area contributed by atoms with Crippen molar-refractivity contribution in [2.24, 2.45) is 0 Å². The van der Waals surface area contributed by atoms with Crippen LogP contribution in [0.15, 0.2) is 60.7 Å². The Kier molecular flexibility index (Phi) is 3.98. The summed E-state index contributed by atoms with van der Waals surface area (Å²) in [6.07, 6.45) is 1.44. The zero-order valence-electron chi connectivity index (χ0n) is 11.7. The van der Waals surface area contributed by atoms with Crippen LogP contribution in [0.5, 0.6) is 0 Å². The molecular formula is C18H19OP. The van der Waals surface area contributed by atoms with Gasteiger partial charge in [0.1, 0.15) is 5.78 Å². The number of carbonyl (C=O) groups excluding carboxylic acids is 1. The van der Waals surface area contributed by atoms with Crippen molar-refractivity contribution in [2.45, 2.75) is 24.2 Å². The molecule has 1 heterocycles. The van der Waals surface area contributed by atoms with E-state index in [1.54, 1.807) is 0 Å². The lowest BCUT2D eigenvalue weighted by Crippen LogP contribution is -2.18. The highest BCUT2D eigenvalue weighted by molar-refractivity contribution is 7.57. The molecule has 3 rings (SSSR count). The van der Waals surface area contributed by atoms with Gasteiger partial charge in [0.05, 0.1) is 0 Å². The average molecular weight is 282 g/mol. The van der Waals surface area contributed by atoms with Crippen LogP contribution in [0.25, 0.3) is 0 Å². The summed E-state index contributed by atoms with van der Waals surface area (Å²) in [7, 11) is -0.219. The van der Waals surface area contributed by atoms with Crippen molar-refractivity contribution in [3.8, 4) is 0 Å². The first-order chi connectivity index (χ1) is 9.75. The maximum atomic E-state index is 12.2. The molecule has 0 aromatic heterocycles. The fourth-order valence-corrected chi connectivity index (χ4v) is 5.78. The maximum Gasteiger partial charge on any atom is 0.134 e. The molecule has 2 heteroatoms. The Bertz CT molecular complexity index is 527. The van der Waals surface area contributed by atoms with Gasteiger partial charge in [0.2, 0.25) is 0 Å². The summed E-state index contributed by atoms with van der Waals surface area (Å²) in [5.74, 6) is 0.410. The van der Waals surface area contributed by atoms with Crippen LogP contribution < -0.4 is 0 Å². The number of benzene rings is 2. The van der Waals surface area contributed by atoms with Crippen molar-refractivity contribution >= 4 is 13.7 Å². The highest BCUT2D eigenvalue weighted by atomic mass is 31.1. The topological polar surface area (TPSA) is 17.1 Å². The van der Waals surface area contributed by atoms with Gasteiger partial charge >= 0.3 is 0 Å². The van der Waals surface area contributed by atoms with Crippen LogP contribution in [0.2, 0.25) is 0 Å². The molecule has 1 nitrogen and oxygen atoms in total. The summed E-state index contributed by atoms with van der Waals surface area (Å²) in [5.41, 5.74) is 3.49. The van der Waals surface area contributed by atoms with Gasteiger partial charge in [-0.15, -0.1) is 0 Å². The average Bonchev–Trinajstić information content (AvgIpc) is 2.51. The van der Waals surface area contributed by atoms with E-state index in [0.29, 0.717) is 17.1 Å². The molecule has 2 unspecified atom stereocenters. The molecular weight excluding hydrogens is 263 g/mol. The van der Waals surface area contributed by atoms with Gasteiger partial charge in [-0.05, 0) is 17.8 Å². The van der Waals surface area contributed by atoms with E-state index in [1.165, 1.54) is 11.1 Å². The summed E-state index contributed by atoms with van der Waals surface area (Å²) in [6, 6.07) is 21.1. The van der Waals surface area contributed by atoms with E-state index in [0.717, 1.165) is 12.8 Å². The molecule has 0 saturated carbocycles. The first kappa shape index (κ1) is 13.5. The van der Waals surface area contributed by atoms with Crippen molar-refractivity contribution in [3.05, 3.63) is 71.8 Å². The van der Waals surface area contributed by atoms with Gasteiger partial charge < -0.3 is 0 Å². The van der Waals surface area contributed by atoms with Crippen molar-refractivity contribution in [1.29, 1.82) is 0 Å². The lowest BCUT2D eigenvalue weighted by Gasteiger charge is -2.36. The van der Waals surface area contributed by atoms with Crippen LogP contribution in [0.1, 0.15) is 35.3 Å². The van der Waals surface area contributed by atoms with Gasteiger partial charge in [0.25, 0.3) is 0 Å². The Morgan fingerprint density at radius 2 is 1.20 bits per heavy atom. The van der Waals surface area contributed by atoms with Gasteiger partial charge in [-0.3, -0.25) is 4.79 Å². The summed E-state index contributed by atoms with van der Waals surface area (Å²) in [5, 5.41) is 0. The first-order valence-electron chi connectivity index (χ1n) is 7.09. The minimum atomic E-state index is -0.219. The second-order valence-electron chi connectivity index (χ2n) is 5.47. The lowest BCUT2D eigenvalue weighted by atomic mass is 10.0. The lowest BCUT2D eigenvalue weighted by molar-refractivity contribution is -0.119. The standard InChI is InChI=1S/C18H19OP/c1-20-17(14-8-4-2-5-9-14)12-16(19)13-18(20)15-10-6-3-7-11-15/h2-11,17-18H,12-13H2,1H3. The van der Waals surface area contributed by atoms with E-state index in [2.05, 4.69) is 55.2 Å². The third kappa shape index (κ3) is 2.69. The van der Waals surface area contributed by atoms with Crippen molar-refractivity contribution < 1.29 is 4.79 Å². The number of rotatable bonds is 2. The van der Waals surface area contributed by atoms with Gasteiger partial charge in [0.15, 0.2) is 0 Å². The molecule has 2 aromatic rings. The van der Waals surface area contributed by atoms with E-state index in [9.17, 15) is 4.79 Å². The molecule has 1 aliphatic heterocycles. The van der Waals surface area contributed by atoms with Crippen molar-refractivity contribution in [2.75, 3.05) is 6.66 Å². The number of carbonyl (C=O) groups is 1. The number of ketones is 1. The summed E-state index contributed by atoms with van der Waals surface area (Å²) in [4.78, 5) is 12.2. The molecule has 0 bridgehead atoms. The molecule has 0 aliphatic carbocycles. The minimum Gasteiger partial charge on any atom is -0.300 e. The van der Waals surface area contributed by atoms with Crippen LogP contribution in [0, 0.1) is 0 Å². The molecule has 0 N–H and O–H groups in total. The summed E-state index contributed by atoms with van der Waals surface area (Å²) < 4.78 is 0. The maximum absolute atomic E-state index is 12.2. The molecule has 0 radical (unpaired) electrons. The third-order valence-electron chi connectivity index (χ3n) is 4.19. The highest BCUT2D eigenvalue weighted by Crippen LogP contribution is 2.64. The first-order valence-corrected chi connectivity index (χ1v) is 9.02. The van der Waals surface area contributed by atoms with Crippen LogP contribution in [-0.2, 0) is 4.79 Å². The van der Waals surface area contributed by atoms with Crippen LogP contribution in [0.4, 0.5) is 0 Å². The predicted molar refractivity (Wildman–Crippen MR) is 85.5 cm³/mol. The summed E-state index contributed by atoms with van der Waals surface area (Å²) in [6.45, 7) is 2.36. The number of Topliss-reactive ketones (excluding diaryl/α,β-unsaturated/α-hetero) is 1. The highest BCUT2D eigenvalue weighted by Gasteiger charge is 2.35. The second kappa shape index (κ2) is 5.89. The third-order valence-corrected chi connectivity index (χ3v) is 7.12. The second-order valence-corrected chi connectivity index (χ2v) is 8.04. The van der Waals surface area contributed by atoms with Crippen LogP contribution in [0.3, 0.4) is 0 Å². The molecule has 20 heavy (non-hydrogen) atoms. The largest absolute Gasteiger partial charge is 0.300 e. The van der Waals surface area contributed by atoms with Crippen molar-refractivity contribution in [3.63, 3.8) is 0 Å². The molecule has 0 amide bonds. The Morgan fingerprint density at radius 3 is 1.60 bits per heavy atom.